The van der Waals surface area contributed by atoms with E-state index in [2.05, 4.69) is 17.6 Å². The molecule has 0 aromatic carbocycles. The number of carbonyl (C=O) groups excluding carboxylic acids is 1. The molecule has 0 radical (unpaired) electrons. The Bertz CT molecular complexity index is 210. The van der Waals surface area contributed by atoms with E-state index in [0.717, 1.165) is 19.4 Å². The third kappa shape index (κ3) is 4.39. The van der Waals surface area contributed by atoms with Gasteiger partial charge in [-0.3, -0.25) is 0 Å². The summed E-state index contributed by atoms with van der Waals surface area (Å²) >= 11 is 0. The van der Waals surface area contributed by atoms with Crippen molar-refractivity contribution in [1.29, 1.82) is 0 Å². The van der Waals surface area contributed by atoms with E-state index in [1.165, 1.54) is 19.3 Å². The summed E-state index contributed by atoms with van der Waals surface area (Å²) in [5, 5.41) is 6.60. The largest absolute Gasteiger partial charge is 0.335 e. The third-order valence-electron chi connectivity index (χ3n) is 3.14. The predicted molar refractivity (Wildman–Crippen MR) is 66.6 cm³/mol. The number of hydrogen-bond acceptors (Lipinski definition) is 2. The van der Waals surface area contributed by atoms with Crippen LogP contribution in [0, 0.1) is 0 Å². The Kier molecular flexibility index (Phi) is 5.60. The minimum atomic E-state index is 0.0324. The highest BCUT2D eigenvalue weighted by molar-refractivity contribution is 5.73. The fraction of sp³-hybridized carbons (Fsp3) is 0.917. The second kappa shape index (κ2) is 6.74. The summed E-state index contributed by atoms with van der Waals surface area (Å²) < 4.78 is 0. The second-order valence-corrected chi connectivity index (χ2v) is 4.85. The minimum Gasteiger partial charge on any atom is -0.335 e. The first-order valence-electron chi connectivity index (χ1n) is 6.34. The summed E-state index contributed by atoms with van der Waals surface area (Å²) in [5.74, 6) is 0. The topological polar surface area (TPSA) is 44.4 Å². The average Bonchev–Trinajstić information content (AvgIpc) is 2.28. The lowest BCUT2D eigenvalue weighted by molar-refractivity contribution is 0.206. The van der Waals surface area contributed by atoms with Crippen LogP contribution in [0.25, 0.3) is 0 Å². The Morgan fingerprint density at radius 3 is 2.25 bits per heavy atom. The quantitative estimate of drug-likeness (QED) is 0.765. The standard InChI is InChI=1S/C12H25N3O/c1-4-9-13-10-5-7-11(8-6-10)14-12(16)15(2)3/h10-11,13H,4-9H2,1-3H3,(H,14,16). The molecule has 0 heterocycles. The molecule has 2 N–H and O–H groups in total. The maximum absolute atomic E-state index is 11.5. The molecule has 1 fully saturated rings. The molecule has 94 valence electrons. The molecule has 4 heteroatoms. The zero-order valence-corrected chi connectivity index (χ0v) is 10.8. The van der Waals surface area contributed by atoms with Gasteiger partial charge in [-0.25, -0.2) is 4.79 Å². The first kappa shape index (κ1) is 13.3. The minimum absolute atomic E-state index is 0.0324. The van der Waals surface area contributed by atoms with Crippen LogP contribution in [-0.4, -0.2) is 43.7 Å². The molecular weight excluding hydrogens is 202 g/mol. The lowest BCUT2D eigenvalue weighted by atomic mass is 9.91. The van der Waals surface area contributed by atoms with Gasteiger partial charge in [-0.15, -0.1) is 0 Å². The molecule has 4 nitrogen and oxygen atoms in total. The summed E-state index contributed by atoms with van der Waals surface area (Å²) in [6, 6.07) is 1.06. The lowest BCUT2D eigenvalue weighted by Crippen LogP contribution is -2.45. The van der Waals surface area contributed by atoms with Gasteiger partial charge in [-0.05, 0) is 38.6 Å². The maximum Gasteiger partial charge on any atom is 0.317 e. The van der Waals surface area contributed by atoms with E-state index in [1.807, 2.05) is 0 Å². The molecule has 0 saturated heterocycles. The summed E-state index contributed by atoms with van der Waals surface area (Å²) in [4.78, 5) is 13.1. The SMILES string of the molecule is CCCNC1CCC(NC(=O)N(C)C)CC1. The van der Waals surface area contributed by atoms with Crippen molar-refractivity contribution < 1.29 is 4.79 Å². The molecule has 0 aliphatic heterocycles. The molecule has 0 spiro atoms. The maximum atomic E-state index is 11.5. The summed E-state index contributed by atoms with van der Waals surface area (Å²) in [6.07, 6.45) is 5.75. The number of carbonyl (C=O) groups is 1. The first-order valence-corrected chi connectivity index (χ1v) is 6.34. The zero-order valence-electron chi connectivity index (χ0n) is 10.8. The summed E-state index contributed by atoms with van der Waals surface area (Å²) in [6.45, 7) is 3.30. The molecule has 1 saturated carbocycles. The van der Waals surface area contributed by atoms with Gasteiger partial charge < -0.3 is 15.5 Å². The van der Waals surface area contributed by atoms with Crippen LogP contribution in [0.1, 0.15) is 39.0 Å². The molecule has 0 aromatic rings. The summed E-state index contributed by atoms with van der Waals surface area (Å²) in [5.41, 5.74) is 0. The Balaban J connectivity index is 2.19. The fourth-order valence-electron chi connectivity index (χ4n) is 2.09. The molecule has 0 unspecified atom stereocenters. The molecule has 16 heavy (non-hydrogen) atoms. The summed E-state index contributed by atoms with van der Waals surface area (Å²) in [7, 11) is 3.56. The van der Waals surface area contributed by atoms with Gasteiger partial charge in [0.15, 0.2) is 0 Å². The van der Waals surface area contributed by atoms with E-state index in [9.17, 15) is 4.79 Å². The predicted octanol–water partition coefficient (Wildman–Crippen LogP) is 1.57. The molecule has 1 aliphatic rings. The van der Waals surface area contributed by atoms with Crippen LogP contribution in [0.3, 0.4) is 0 Å². The van der Waals surface area contributed by atoms with Crippen LogP contribution < -0.4 is 10.6 Å². The highest BCUT2D eigenvalue weighted by atomic mass is 16.2. The van der Waals surface area contributed by atoms with Crippen molar-refractivity contribution in [3.05, 3.63) is 0 Å². The van der Waals surface area contributed by atoms with Gasteiger partial charge in [0, 0.05) is 26.2 Å². The van der Waals surface area contributed by atoms with E-state index in [0.29, 0.717) is 12.1 Å². The second-order valence-electron chi connectivity index (χ2n) is 4.85. The number of nitrogens with zero attached hydrogens (tertiary/aromatic N) is 1. The van der Waals surface area contributed by atoms with Crippen LogP contribution in [0.15, 0.2) is 0 Å². The first-order chi connectivity index (χ1) is 7.63. The van der Waals surface area contributed by atoms with Crippen LogP contribution in [0.5, 0.6) is 0 Å². The molecule has 1 aliphatic carbocycles. The van der Waals surface area contributed by atoms with Crippen molar-refractivity contribution in [3.63, 3.8) is 0 Å². The van der Waals surface area contributed by atoms with Crippen molar-refractivity contribution in [2.45, 2.75) is 51.1 Å². The molecule has 0 atom stereocenters. The Morgan fingerprint density at radius 2 is 1.75 bits per heavy atom. The Hall–Kier alpha value is -0.770. The van der Waals surface area contributed by atoms with Crippen molar-refractivity contribution in [2.75, 3.05) is 20.6 Å². The monoisotopic (exact) mass is 227 g/mol. The number of amides is 2. The van der Waals surface area contributed by atoms with Gasteiger partial charge in [-0.1, -0.05) is 6.92 Å². The van der Waals surface area contributed by atoms with Crippen molar-refractivity contribution >= 4 is 6.03 Å². The molecule has 0 aromatic heterocycles. The molecule has 1 rings (SSSR count). The Labute approximate surface area is 98.8 Å². The number of hydrogen-bond donors (Lipinski definition) is 2. The van der Waals surface area contributed by atoms with Gasteiger partial charge in [-0.2, -0.15) is 0 Å². The molecule has 0 bridgehead atoms. The van der Waals surface area contributed by atoms with E-state index < -0.39 is 0 Å². The van der Waals surface area contributed by atoms with E-state index in [1.54, 1.807) is 19.0 Å². The smallest absolute Gasteiger partial charge is 0.317 e. The zero-order chi connectivity index (χ0) is 12.0. The lowest BCUT2D eigenvalue weighted by Gasteiger charge is -2.30. The number of nitrogens with one attached hydrogen (secondary N) is 2. The van der Waals surface area contributed by atoms with Crippen molar-refractivity contribution in [3.8, 4) is 0 Å². The molecular formula is C12H25N3O. The van der Waals surface area contributed by atoms with Gasteiger partial charge in [0.05, 0.1) is 0 Å². The van der Waals surface area contributed by atoms with Crippen LogP contribution in [-0.2, 0) is 0 Å². The van der Waals surface area contributed by atoms with Gasteiger partial charge >= 0.3 is 6.03 Å². The van der Waals surface area contributed by atoms with Gasteiger partial charge in [0.25, 0.3) is 0 Å². The third-order valence-corrected chi connectivity index (χ3v) is 3.14. The average molecular weight is 227 g/mol. The highest BCUT2D eigenvalue weighted by Gasteiger charge is 2.22. The molecule has 2 amide bonds. The number of rotatable bonds is 4. The van der Waals surface area contributed by atoms with E-state index in [4.69, 9.17) is 0 Å². The van der Waals surface area contributed by atoms with Crippen LogP contribution in [0.2, 0.25) is 0 Å². The normalized spacial score (nSPS) is 25.2. The van der Waals surface area contributed by atoms with E-state index >= 15 is 0 Å². The van der Waals surface area contributed by atoms with Crippen molar-refractivity contribution in [1.82, 2.24) is 15.5 Å². The van der Waals surface area contributed by atoms with Gasteiger partial charge in [0.1, 0.15) is 0 Å². The highest BCUT2D eigenvalue weighted by Crippen LogP contribution is 2.18. The van der Waals surface area contributed by atoms with Crippen LogP contribution >= 0.6 is 0 Å². The fourth-order valence-corrected chi connectivity index (χ4v) is 2.09. The number of urea groups is 1. The van der Waals surface area contributed by atoms with Crippen LogP contribution in [0.4, 0.5) is 4.79 Å². The van der Waals surface area contributed by atoms with Crippen molar-refractivity contribution in [2.24, 2.45) is 0 Å². The van der Waals surface area contributed by atoms with Gasteiger partial charge in [0.2, 0.25) is 0 Å². The Morgan fingerprint density at radius 1 is 1.19 bits per heavy atom. The van der Waals surface area contributed by atoms with E-state index in [-0.39, 0.29) is 6.03 Å².